The smallest absolute Gasteiger partial charge is 0.336 e. The molecule has 0 spiro atoms. The lowest BCUT2D eigenvalue weighted by Crippen LogP contribution is -2.13. The van der Waals surface area contributed by atoms with Gasteiger partial charge >= 0.3 is 5.97 Å². The first-order valence-electron chi connectivity index (χ1n) is 5.43. The Morgan fingerprint density at radius 1 is 1.00 bits per heavy atom. The molecule has 0 aliphatic carbocycles. The lowest BCUT2D eigenvalue weighted by atomic mass is 9.96. The Morgan fingerprint density at radius 2 is 1.63 bits per heavy atom. The number of nitrogens with two attached hydrogens (primary N) is 1. The maximum atomic E-state index is 12.4. The molecule has 96 valence electrons. The second kappa shape index (κ2) is 5.12. The van der Waals surface area contributed by atoms with Crippen molar-refractivity contribution in [3.63, 3.8) is 0 Å². The van der Waals surface area contributed by atoms with Crippen molar-refractivity contribution in [3.8, 4) is 0 Å². The predicted molar refractivity (Wildman–Crippen MR) is 72.7 cm³/mol. The molecular formula is C14H10ClNO3. The second-order valence-corrected chi connectivity index (χ2v) is 4.29. The van der Waals surface area contributed by atoms with Gasteiger partial charge in [-0.05, 0) is 24.3 Å². The van der Waals surface area contributed by atoms with Crippen molar-refractivity contribution in [1.29, 1.82) is 0 Å². The maximum Gasteiger partial charge on any atom is 0.336 e. The fraction of sp³-hybridized carbons (Fsp3) is 0. The Kier molecular flexibility index (Phi) is 3.53. The maximum absolute atomic E-state index is 12.4. The number of rotatable bonds is 3. The quantitative estimate of drug-likeness (QED) is 0.667. The van der Waals surface area contributed by atoms with Crippen molar-refractivity contribution in [1.82, 2.24) is 0 Å². The monoisotopic (exact) mass is 275 g/mol. The van der Waals surface area contributed by atoms with Gasteiger partial charge in [0, 0.05) is 11.3 Å². The number of hydrogen-bond donors (Lipinski definition) is 2. The first kappa shape index (κ1) is 13.1. The van der Waals surface area contributed by atoms with Crippen LogP contribution in [-0.2, 0) is 0 Å². The summed E-state index contributed by atoms with van der Waals surface area (Å²) in [6.07, 6.45) is 0. The highest BCUT2D eigenvalue weighted by molar-refractivity contribution is 6.35. The van der Waals surface area contributed by atoms with Crippen molar-refractivity contribution < 1.29 is 14.7 Å². The lowest BCUT2D eigenvalue weighted by molar-refractivity contribution is 0.0693. The van der Waals surface area contributed by atoms with Gasteiger partial charge in [-0.3, -0.25) is 4.79 Å². The third-order valence-corrected chi connectivity index (χ3v) is 3.00. The highest BCUT2D eigenvalue weighted by Crippen LogP contribution is 2.25. The van der Waals surface area contributed by atoms with Crippen LogP contribution < -0.4 is 5.73 Å². The summed E-state index contributed by atoms with van der Waals surface area (Å²) in [5, 5.41) is 9.37. The summed E-state index contributed by atoms with van der Waals surface area (Å²) in [6.45, 7) is 0. The van der Waals surface area contributed by atoms with Gasteiger partial charge in [0.15, 0.2) is 5.78 Å². The summed E-state index contributed by atoms with van der Waals surface area (Å²) in [5.41, 5.74) is 5.89. The fourth-order valence-electron chi connectivity index (χ4n) is 1.78. The van der Waals surface area contributed by atoms with Gasteiger partial charge in [-0.1, -0.05) is 29.8 Å². The first-order chi connectivity index (χ1) is 9.02. The Hall–Kier alpha value is -2.33. The zero-order chi connectivity index (χ0) is 14.0. The normalized spacial score (nSPS) is 10.2. The molecule has 2 rings (SSSR count). The molecule has 0 aliphatic heterocycles. The molecule has 0 radical (unpaired) electrons. The van der Waals surface area contributed by atoms with Crippen molar-refractivity contribution in [2.45, 2.75) is 0 Å². The van der Waals surface area contributed by atoms with E-state index in [1.807, 2.05) is 0 Å². The van der Waals surface area contributed by atoms with Crippen LogP contribution in [0, 0.1) is 0 Å². The number of aromatic carboxylic acids is 1. The van der Waals surface area contributed by atoms with Crippen molar-refractivity contribution in [2.24, 2.45) is 0 Å². The number of benzene rings is 2. The average molecular weight is 276 g/mol. The number of ketones is 1. The summed E-state index contributed by atoms with van der Waals surface area (Å²) < 4.78 is 0. The summed E-state index contributed by atoms with van der Waals surface area (Å²) in [7, 11) is 0. The number of carboxylic acid groups (broad SMARTS) is 1. The molecule has 19 heavy (non-hydrogen) atoms. The zero-order valence-electron chi connectivity index (χ0n) is 9.76. The Labute approximate surface area is 114 Å². The fourth-order valence-corrected chi connectivity index (χ4v) is 2.00. The zero-order valence-corrected chi connectivity index (χ0v) is 10.5. The van der Waals surface area contributed by atoms with Crippen LogP contribution in [0.15, 0.2) is 42.5 Å². The van der Waals surface area contributed by atoms with Gasteiger partial charge in [0.25, 0.3) is 0 Å². The summed E-state index contributed by atoms with van der Waals surface area (Å²) in [6, 6.07) is 10.7. The third-order valence-electron chi connectivity index (χ3n) is 2.67. The topological polar surface area (TPSA) is 80.4 Å². The molecular weight excluding hydrogens is 266 g/mol. The highest BCUT2D eigenvalue weighted by Gasteiger charge is 2.21. The number of anilines is 1. The van der Waals surface area contributed by atoms with Crippen LogP contribution in [0.1, 0.15) is 26.3 Å². The van der Waals surface area contributed by atoms with E-state index < -0.39 is 11.8 Å². The molecule has 4 nitrogen and oxygen atoms in total. The standard InChI is InChI=1S/C14H10ClNO3/c15-10-6-2-1-4-8(10)13(17)12-9(14(18)19)5-3-7-11(12)16/h1-7H,16H2,(H,18,19). The van der Waals surface area contributed by atoms with E-state index in [-0.39, 0.29) is 27.4 Å². The van der Waals surface area contributed by atoms with Crippen LogP contribution in [0.3, 0.4) is 0 Å². The van der Waals surface area contributed by atoms with E-state index in [1.165, 1.54) is 24.3 Å². The number of carbonyl (C=O) groups is 2. The van der Waals surface area contributed by atoms with Gasteiger partial charge in [-0.15, -0.1) is 0 Å². The summed E-state index contributed by atoms with van der Waals surface area (Å²) in [4.78, 5) is 23.5. The SMILES string of the molecule is Nc1cccc(C(=O)O)c1C(=O)c1ccccc1Cl. The summed E-state index contributed by atoms with van der Waals surface area (Å²) in [5.74, 6) is -1.70. The van der Waals surface area contributed by atoms with Gasteiger partial charge in [0.1, 0.15) is 0 Å². The van der Waals surface area contributed by atoms with E-state index in [0.29, 0.717) is 0 Å². The van der Waals surface area contributed by atoms with Crippen molar-refractivity contribution in [2.75, 3.05) is 5.73 Å². The van der Waals surface area contributed by atoms with Crippen LogP contribution >= 0.6 is 11.6 Å². The molecule has 2 aromatic rings. The van der Waals surface area contributed by atoms with Crippen LogP contribution in [0.4, 0.5) is 5.69 Å². The molecule has 0 saturated carbocycles. The highest BCUT2D eigenvalue weighted by atomic mass is 35.5. The minimum atomic E-state index is -1.21. The average Bonchev–Trinajstić information content (AvgIpc) is 2.38. The molecule has 0 amide bonds. The molecule has 0 unspecified atom stereocenters. The number of hydrogen-bond acceptors (Lipinski definition) is 3. The van der Waals surface area contributed by atoms with Gasteiger partial charge in [-0.2, -0.15) is 0 Å². The number of carbonyl (C=O) groups excluding carboxylic acids is 1. The van der Waals surface area contributed by atoms with Crippen LogP contribution in [0.2, 0.25) is 5.02 Å². The largest absolute Gasteiger partial charge is 0.478 e. The minimum absolute atomic E-state index is 0.0388. The molecule has 0 fully saturated rings. The first-order valence-corrected chi connectivity index (χ1v) is 5.81. The molecule has 3 N–H and O–H groups in total. The molecule has 2 aromatic carbocycles. The molecule has 0 heterocycles. The van der Waals surface area contributed by atoms with Crippen molar-refractivity contribution in [3.05, 3.63) is 64.2 Å². The van der Waals surface area contributed by atoms with Gasteiger partial charge in [0.05, 0.1) is 16.1 Å². The van der Waals surface area contributed by atoms with E-state index in [9.17, 15) is 9.59 Å². The van der Waals surface area contributed by atoms with Crippen molar-refractivity contribution >= 4 is 29.0 Å². The third kappa shape index (κ3) is 2.44. The predicted octanol–water partition coefficient (Wildman–Crippen LogP) is 2.85. The van der Waals surface area contributed by atoms with Crippen LogP contribution in [-0.4, -0.2) is 16.9 Å². The van der Waals surface area contributed by atoms with Gasteiger partial charge < -0.3 is 10.8 Å². The van der Waals surface area contributed by atoms with Crippen LogP contribution in [0.25, 0.3) is 0 Å². The molecule has 0 atom stereocenters. The minimum Gasteiger partial charge on any atom is -0.478 e. The van der Waals surface area contributed by atoms with E-state index in [0.717, 1.165) is 0 Å². The number of halogens is 1. The van der Waals surface area contributed by atoms with Crippen LogP contribution in [0.5, 0.6) is 0 Å². The van der Waals surface area contributed by atoms with Gasteiger partial charge in [-0.25, -0.2) is 4.79 Å². The lowest BCUT2D eigenvalue weighted by Gasteiger charge is -2.09. The van der Waals surface area contributed by atoms with E-state index in [1.54, 1.807) is 18.2 Å². The molecule has 0 bridgehead atoms. The Morgan fingerprint density at radius 3 is 2.26 bits per heavy atom. The molecule has 0 aliphatic rings. The molecule has 0 saturated heterocycles. The van der Waals surface area contributed by atoms with E-state index >= 15 is 0 Å². The Bertz CT molecular complexity index is 667. The number of carboxylic acids is 1. The van der Waals surface area contributed by atoms with E-state index in [2.05, 4.69) is 0 Å². The van der Waals surface area contributed by atoms with Gasteiger partial charge in [0.2, 0.25) is 0 Å². The second-order valence-electron chi connectivity index (χ2n) is 3.88. The molecule has 0 aromatic heterocycles. The Balaban J connectivity index is 2.63. The number of nitrogen functional groups attached to an aromatic ring is 1. The van der Waals surface area contributed by atoms with E-state index in [4.69, 9.17) is 22.4 Å². The molecule has 5 heteroatoms. The summed E-state index contributed by atoms with van der Waals surface area (Å²) >= 11 is 5.94.